The molecule has 0 radical (unpaired) electrons. The van der Waals surface area contributed by atoms with Crippen molar-refractivity contribution in [2.75, 3.05) is 44.5 Å². The number of hydrogen-bond donors (Lipinski definition) is 3. The Labute approximate surface area is 158 Å². The molecule has 0 amide bonds. The van der Waals surface area contributed by atoms with Crippen LogP contribution in [0.4, 0.5) is 0 Å². The molecule has 0 spiro atoms. The van der Waals surface area contributed by atoms with Gasteiger partial charge in [0.05, 0.1) is 11.1 Å². The highest BCUT2D eigenvalue weighted by Gasteiger charge is 2.34. The van der Waals surface area contributed by atoms with Crippen LogP contribution in [0.5, 0.6) is 0 Å². The molecule has 0 aromatic heterocycles. The Balaban J connectivity index is 0. The number of rotatable bonds is 5. The van der Waals surface area contributed by atoms with Crippen molar-refractivity contribution in [1.82, 2.24) is 10.2 Å². The van der Waals surface area contributed by atoms with E-state index in [1.807, 2.05) is 4.90 Å². The molecular weight excluding hydrogens is 427 g/mol. The number of aldehydes is 1. The SMILES string of the molecule is Cl.NS(=O)(=O)C1CN(CCCl)C1.NS(=O)(=O)C1CNC1.O=CCCl. The van der Waals surface area contributed by atoms with Crippen LogP contribution >= 0.6 is 35.6 Å². The summed E-state index contributed by atoms with van der Waals surface area (Å²) in [4.78, 5) is 11.0. The molecule has 2 rings (SSSR count). The van der Waals surface area contributed by atoms with E-state index in [9.17, 15) is 16.8 Å². The van der Waals surface area contributed by atoms with Gasteiger partial charge in [-0.15, -0.1) is 35.6 Å². The second-order valence-electron chi connectivity index (χ2n) is 4.85. The molecule has 0 bridgehead atoms. The Morgan fingerprint density at radius 2 is 1.46 bits per heavy atom. The Bertz CT molecular complexity index is 551. The molecule has 0 saturated carbocycles. The van der Waals surface area contributed by atoms with E-state index in [4.69, 9.17) is 38.3 Å². The van der Waals surface area contributed by atoms with Crippen LogP contribution in [-0.2, 0) is 24.8 Å². The third-order valence-electron chi connectivity index (χ3n) is 3.06. The zero-order chi connectivity index (χ0) is 18.1. The first kappa shape index (κ1) is 26.5. The number of primary sulfonamides is 2. The van der Waals surface area contributed by atoms with Crippen LogP contribution in [0.25, 0.3) is 0 Å². The van der Waals surface area contributed by atoms with E-state index in [-0.39, 0.29) is 28.8 Å². The van der Waals surface area contributed by atoms with E-state index in [1.165, 1.54) is 0 Å². The second kappa shape index (κ2) is 12.6. The van der Waals surface area contributed by atoms with Crippen molar-refractivity contribution in [3.63, 3.8) is 0 Å². The van der Waals surface area contributed by atoms with Crippen molar-refractivity contribution >= 4 is 61.9 Å². The summed E-state index contributed by atoms with van der Waals surface area (Å²) in [6.07, 6.45) is 0.640. The van der Waals surface area contributed by atoms with E-state index in [1.54, 1.807) is 0 Å². The minimum atomic E-state index is -3.30. The molecule has 0 unspecified atom stereocenters. The summed E-state index contributed by atoms with van der Waals surface area (Å²) in [6.45, 7) is 2.84. The predicted molar refractivity (Wildman–Crippen MR) is 97.9 cm³/mol. The summed E-state index contributed by atoms with van der Waals surface area (Å²) in [6, 6.07) is 0. The van der Waals surface area contributed by atoms with Gasteiger partial charge in [0.15, 0.2) is 0 Å². The van der Waals surface area contributed by atoms with Gasteiger partial charge in [0, 0.05) is 38.6 Å². The normalized spacial score (nSPS) is 18.5. The number of likely N-dealkylation sites (tertiary alicyclic amines) is 1. The third-order valence-corrected chi connectivity index (χ3v) is 5.85. The summed E-state index contributed by atoms with van der Waals surface area (Å²) in [5.41, 5.74) is 0. The average molecular weight is 450 g/mol. The molecule has 2 fully saturated rings. The van der Waals surface area contributed by atoms with Crippen LogP contribution < -0.4 is 15.6 Å². The maximum atomic E-state index is 10.7. The molecule has 14 heteroatoms. The largest absolute Gasteiger partial charge is 0.314 e. The van der Waals surface area contributed by atoms with Gasteiger partial charge in [-0.05, 0) is 0 Å². The number of nitrogens with two attached hydrogens (primary N) is 2. The fourth-order valence-electron chi connectivity index (χ4n) is 1.53. The van der Waals surface area contributed by atoms with Crippen LogP contribution in [0.3, 0.4) is 0 Å². The minimum Gasteiger partial charge on any atom is -0.314 e. The molecule has 9 nitrogen and oxygen atoms in total. The lowest BCUT2D eigenvalue weighted by atomic mass is 10.2. The number of alkyl halides is 2. The zero-order valence-corrected chi connectivity index (χ0v) is 16.8. The lowest BCUT2D eigenvalue weighted by Crippen LogP contribution is -2.56. The molecule has 2 saturated heterocycles. The Morgan fingerprint density at radius 1 is 1.04 bits per heavy atom. The minimum absolute atomic E-state index is 0. The topological polar surface area (TPSA) is 153 Å². The predicted octanol–water partition coefficient (Wildman–Crippen LogP) is -1.71. The Hall–Kier alpha value is 0.280. The highest BCUT2D eigenvalue weighted by molar-refractivity contribution is 7.90. The molecule has 0 aromatic carbocycles. The molecule has 146 valence electrons. The maximum absolute atomic E-state index is 10.7. The first-order valence-electron chi connectivity index (χ1n) is 6.58. The maximum Gasteiger partial charge on any atom is 0.214 e. The van der Waals surface area contributed by atoms with Crippen LogP contribution in [0.1, 0.15) is 0 Å². The molecule has 0 aromatic rings. The number of carbonyl (C=O) groups excluding carboxylic acids is 1. The van der Waals surface area contributed by atoms with Crippen LogP contribution in [-0.4, -0.2) is 83.0 Å². The molecule has 2 heterocycles. The highest BCUT2D eigenvalue weighted by atomic mass is 35.5. The number of nitrogens with zero attached hydrogens (tertiary/aromatic N) is 1. The summed E-state index contributed by atoms with van der Waals surface area (Å²) in [5, 5.41) is 11.8. The number of hydrogen-bond acceptors (Lipinski definition) is 7. The third kappa shape index (κ3) is 11.0. The summed E-state index contributed by atoms with van der Waals surface area (Å²) >= 11 is 10.3. The molecule has 0 aliphatic carbocycles. The van der Waals surface area contributed by atoms with Crippen molar-refractivity contribution in [3.05, 3.63) is 0 Å². The Kier molecular flexibility index (Phi) is 13.9. The van der Waals surface area contributed by atoms with Gasteiger partial charge in [-0.2, -0.15) is 0 Å². The molecule has 24 heavy (non-hydrogen) atoms. The average Bonchev–Trinajstić information content (AvgIpc) is 2.28. The molecule has 2 aliphatic heterocycles. The fourth-order valence-corrected chi connectivity index (χ4v) is 3.30. The highest BCUT2D eigenvalue weighted by Crippen LogP contribution is 2.13. The molecule has 5 N–H and O–H groups in total. The van der Waals surface area contributed by atoms with Gasteiger partial charge in [0.1, 0.15) is 11.5 Å². The van der Waals surface area contributed by atoms with E-state index < -0.39 is 20.0 Å². The van der Waals surface area contributed by atoms with Crippen LogP contribution in [0.15, 0.2) is 0 Å². The lowest BCUT2D eigenvalue weighted by molar-refractivity contribution is -0.105. The monoisotopic (exact) mass is 448 g/mol. The van der Waals surface area contributed by atoms with Crippen molar-refractivity contribution < 1.29 is 21.6 Å². The quantitative estimate of drug-likeness (QED) is 0.333. The summed E-state index contributed by atoms with van der Waals surface area (Å²) < 4.78 is 42.1. The fraction of sp³-hybridized carbons (Fsp3) is 0.900. The number of carbonyl (C=O) groups is 1. The smallest absolute Gasteiger partial charge is 0.214 e. The van der Waals surface area contributed by atoms with Crippen molar-refractivity contribution in [3.8, 4) is 0 Å². The van der Waals surface area contributed by atoms with Crippen molar-refractivity contribution in [2.24, 2.45) is 10.3 Å². The second-order valence-corrected chi connectivity index (χ2v) is 9.23. The Morgan fingerprint density at radius 3 is 1.62 bits per heavy atom. The first-order chi connectivity index (χ1) is 10.6. The van der Waals surface area contributed by atoms with Gasteiger partial charge in [-0.25, -0.2) is 27.1 Å². The van der Waals surface area contributed by atoms with Gasteiger partial charge in [0.2, 0.25) is 20.0 Å². The van der Waals surface area contributed by atoms with Crippen molar-refractivity contribution in [1.29, 1.82) is 0 Å². The lowest BCUT2D eigenvalue weighted by Gasteiger charge is -2.36. The van der Waals surface area contributed by atoms with E-state index >= 15 is 0 Å². The molecule has 0 atom stereocenters. The summed E-state index contributed by atoms with van der Waals surface area (Å²) in [5.74, 6) is 0.650. The number of nitrogens with one attached hydrogen (secondary N) is 1. The van der Waals surface area contributed by atoms with Gasteiger partial charge in [-0.1, -0.05) is 0 Å². The van der Waals surface area contributed by atoms with Crippen LogP contribution in [0.2, 0.25) is 0 Å². The van der Waals surface area contributed by atoms with Gasteiger partial charge in [0.25, 0.3) is 0 Å². The van der Waals surface area contributed by atoms with Gasteiger partial charge >= 0.3 is 0 Å². The van der Waals surface area contributed by atoms with E-state index in [2.05, 4.69) is 5.32 Å². The standard InChI is InChI=1S/C5H11ClN2O2S.C3H8N2O2S.C2H3ClO.ClH/c6-1-2-8-3-5(4-8)11(7,9)10;4-8(6,7)3-1-5-2-3;3-1-2-4;/h5H,1-4H2,(H2,7,9,10);3,5H,1-2H2,(H2,4,6,7);2H,1H2;1H. The zero-order valence-electron chi connectivity index (χ0n) is 12.8. The summed E-state index contributed by atoms with van der Waals surface area (Å²) in [7, 11) is -6.53. The number of sulfonamides is 2. The van der Waals surface area contributed by atoms with E-state index in [0.717, 1.165) is 6.54 Å². The first-order valence-corrected chi connectivity index (χ1v) is 10.9. The van der Waals surface area contributed by atoms with Gasteiger partial charge < -0.3 is 10.1 Å². The molecule has 2 aliphatic rings. The van der Waals surface area contributed by atoms with E-state index in [0.29, 0.717) is 38.3 Å². The van der Waals surface area contributed by atoms with Crippen molar-refractivity contribution in [2.45, 2.75) is 10.5 Å². The van der Waals surface area contributed by atoms with Gasteiger partial charge in [-0.3, -0.25) is 4.90 Å². The van der Waals surface area contributed by atoms with Crippen LogP contribution in [0, 0.1) is 0 Å². The molecular formula is C10H23Cl3N4O5S2. The number of halogens is 3.